The minimum atomic E-state index is 0. The van der Waals surface area contributed by atoms with Crippen LogP contribution in [0.25, 0.3) is 0 Å². The normalized spacial score (nSPS) is 18.0. The third-order valence-electron chi connectivity index (χ3n) is 2.37. The molecule has 0 aliphatic heterocycles. The van der Waals surface area contributed by atoms with Gasteiger partial charge in [-0.05, 0) is 45.3 Å². The van der Waals surface area contributed by atoms with E-state index in [1.807, 2.05) is 0 Å². The fourth-order valence-electron chi connectivity index (χ4n) is 1.30. The van der Waals surface area contributed by atoms with Crippen LogP contribution < -0.4 is 0 Å². The summed E-state index contributed by atoms with van der Waals surface area (Å²) in [5.74, 6) is 0. The summed E-state index contributed by atoms with van der Waals surface area (Å²) >= 11 is 0. The van der Waals surface area contributed by atoms with E-state index in [1.54, 1.807) is 11.1 Å². The summed E-state index contributed by atoms with van der Waals surface area (Å²) in [6.45, 7) is 8.85. The maximum atomic E-state index is 2.22. The molecule has 0 fully saturated rings. The van der Waals surface area contributed by atoms with Gasteiger partial charge in [0.25, 0.3) is 0 Å². The molecular formula is C9H15Li. The van der Waals surface area contributed by atoms with E-state index in [1.165, 1.54) is 17.6 Å². The SMILES string of the molecule is CC1=C(C)C(C)=C(C)C1.[LiH]. The zero-order chi connectivity index (χ0) is 7.02. The van der Waals surface area contributed by atoms with Gasteiger partial charge in [-0.3, -0.25) is 0 Å². The van der Waals surface area contributed by atoms with Crippen molar-refractivity contribution in [2.75, 3.05) is 0 Å². The Labute approximate surface area is 75.6 Å². The average molecular weight is 130 g/mol. The first-order valence-electron chi connectivity index (χ1n) is 3.46. The Morgan fingerprint density at radius 3 is 1.20 bits per heavy atom. The van der Waals surface area contributed by atoms with Crippen LogP contribution in [0.5, 0.6) is 0 Å². The Bertz CT molecular complexity index is 175. The second-order valence-corrected chi connectivity index (χ2v) is 2.99. The zero-order valence-corrected chi connectivity index (χ0v) is 6.71. The van der Waals surface area contributed by atoms with Gasteiger partial charge >= 0.3 is 18.9 Å². The molecule has 1 aliphatic rings. The summed E-state index contributed by atoms with van der Waals surface area (Å²) in [4.78, 5) is 0. The van der Waals surface area contributed by atoms with Crippen molar-refractivity contribution in [2.45, 2.75) is 34.1 Å². The first kappa shape index (κ1) is 10.1. The van der Waals surface area contributed by atoms with Crippen molar-refractivity contribution in [3.05, 3.63) is 22.3 Å². The second kappa shape index (κ2) is 3.46. The monoisotopic (exact) mass is 130 g/mol. The summed E-state index contributed by atoms with van der Waals surface area (Å²) in [5.41, 5.74) is 6.11. The van der Waals surface area contributed by atoms with Crippen molar-refractivity contribution in [3.8, 4) is 0 Å². The van der Waals surface area contributed by atoms with Crippen LogP contribution >= 0.6 is 0 Å². The molecule has 1 rings (SSSR count). The van der Waals surface area contributed by atoms with Crippen molar-refractivity contribution < 1.29 is 0 Å². The van der Waals surface area contributed by atoms with E-state index in [-0.39, 0.29) is 18.9 Å². The molecule has 0 amide bonds. The molecule has 10 heavy (non-hydrogen) atoms. The van der Waals surface area contributed by atoms with Crippen molar-refractivity contribution in [1.29, 1.82) is 0 Å². The number of hydrogen-bond acceptors (Lipinski definition) is 0. The molecule has 0 heterocycles. The molecule has 0 bridgehead atoms. The van der Waals surface area contributed by atoms with Gasteiger partial charge in [0.15, 0.2) is 0 Å². The molecule has 0 nitrogen and oxygen atoms in total. The maximum absolute atomic E-state index is 2.22. The van der Waals surface area contributed by atoms with Gasteiger partial charge in [-0.15, -0.1) is 0 Å². The molecular weight excluding hydrogens is 115 g/mol. The van der Waals surface area contributed by atoms with Crippen LogP contribution in [-0.4, -0.2) is 18.9 Å². The molecule has 0 saturated carbocycles. The first-order valence-corrected chi connectivity index (χ1v) is 3.46. The minimum absolute atomic E-state index is 0. The van der Waals surface area contributed by atoms with Gasteiger partial charge in [-0.1, -0.05) is 11.1 Å². The standard InChI is InChI=1S/C9H14.Li.H/c1-6-5-7(2)9(4)8(6)3;;/h5H2,1-4H3;;. The topological polar surface area (TPSA) is 0 Å². The Balaban J connectivity index is 0.000000810. The molecule has 0 aromatic heterocycles. The number of rotatable bonds is 0. The third-order valence-corrected chi connectivity index (χ3v) is 2.37. The summed E-state index contributed by atoms with van der Waals surface area (Å²) in [6.07, 6.45) is 1.21. The van der Waals surface area contributed by atoms with Crippen molar-refractivity contribution in [1.82, 2.24) is 0 Å². The Hall–Kier alpha value is 0.0774. The molecule has 0 atom stereocenters. The Morgan fingerprint density at radius 1 is 0.800 bits per heavy atom. The van der Waals surface area contributed by atoms with E-state index in [9.17, 15) is 0 Å². The molecule has 0 aromatic rings. The van der Waals surface area contributed by atoms with Gasteiger partial charge in [-0.2, -0.15) is 0 Å². The Kier molecular flexibility index (Phi) is 3.49. The van der Waals surface area contributed by atoms with E-state index >= 15 is 0 Å². The van der Waals surface area contributed by atoms with Crippen LogP contribution in [0.2, 0.25) is 0 Å². The molecule has 0 saturated heterocycles. The second-order valence-electron chi connectivity index (χ2n) is 2.99. The van der Waals surface area contributed by atoms with E-state index in [4.69, 9.17) is 0 Å². The fourth-order valence-corrected chi connectivity index (χ4v) is 1.30. The van der Waals surface area contributed by atoms with Crippen LogP contribution in [0.3, 0.4) is 0 Å². The van der Waals surface area contributed by atoms with E-state index in [0.717, 1.165) is 0 Å². The van der Waals surface area contributed by atoms with Gasteiger partial charge in [-0.25, -0.2) is 0 Å². The van der Waals surface area contributed by atoms with Gasteiger partial charge < -0.3 is 0 Å². The quantitative estimate of drug-likeness (QED) is 0.442. The predicted octanol–water partition coefficient (Wildman–Crippen LogP) is 2.41. The van der Waals surface area contributed by atoms with Crippen LogP contribution in [0, 0.1) is 0 Å². The van der Waals surface area contributed by atoms with Crippen molar-refractivity contribution >= 4 is 18.9 Å². The molecule has 1 heteroatoms. The Morgan fingerprint density at radius 2 is 1.10 bits per heavy atom. The summed E-state index contributed by atoms with van der Waals surface area (Å²) < 4.78 is 0. The molecule has 0 aromatic carbocycles. The van der Waals surface area contributed by atoms with E-state index < -0.39 is 0 Å². The van der Waals surface area contributed by atoms with Crippen molar-refractivity contribution in [2.24, 2.45) is 0 Å². The van der Waals surface area contributed by atoms with Crippen LogP contribution in [0.15, 0.2) is 22.3 Å². The number of allylic oxidation sites excluding steroid dienone is 4. The van der Waals surface area contributed by atoms with E-state index in [2.05, 4.69) is 27.7 Å². The third kappa shape index (κ3) is 1.57. The summed E-state index contributed by atoms with van der Waals surface area (Å²) in [6, 6.07) is 0. The first-order chi connectivity index (χ1) is 4.13. The molecule has 0 unspecified atom stereocenters. The van der Waals surface area contributed by atoms with Gasteiger partial charge in [0, 0.05) is 0 Å². The fraction of sp³-hybridized carbons (Fsp3) is 0.556. The van der Waals surface area contributed by atoms with Crippen LogP contribution in [0.1, 0.15) is 34.1 Å². The molecule has 0 spiro atoms. The van der Waals surface area contributed by atoms with Gasteiger partial charge in [0.05, 0.1) is 0 Å². The molecule has 1 aliphatic carbocycles. The van der Waals surface area contributed by atoms with Gasteiger partial charge in [0.1, 0.15) is 0 Å². The van der Waals surface area contributed by atoms with Gasteiger partial charge in [0.2, 0.25) is 0 Å². The molecule has 52 valence electrons. The average Bonchev–Trinajstić information content (AvgIpc) is 1.98. The molecule has 0 N–H and O–H groups in total. The summed E-state index contributed by atoms with van der Waals surface area (Å²) in [5, 5.41) is 0. The predicted molar refractivity (Wildman–Crippen MR) is 48.5 cm³/mol. The van der Waals surface area contributed by atoms with Crippen LogP contribution in [0.4, 0.5) is 0 Å². The van der Waals surface area contributed by atoms with Crippen LogP contribution in [-0.2, 0) is 0 Å². The van der Waals surface area contributed by atoms with Crippen molar-refractivity contribution in [3.63, 3.8) is 0 Å². The van der Waals surface area contributed by atoms with E-state index in [0.29, 0.717) is 0 Å². The molecule has 0 radical (unpaired) electrons. The summed E-state index contributed by atoms with van der Waals surface area (Å²) in [7, 11) is 0. The zero-order valence-electron chi connectivity index (χ0n) is 6.71. The number of hydrogen-bond donors (Lipinski definition) is 0.